The molecular formula is C12H20ClNO2. The summed E-state index contributed by atoms with van der Waals surface area (Å²) in [5.41, 5.74) is 6.75. The minimum Gasteiger partial charge on any atom is -0.496 e. The summed E-state index contributed by atoms with van der Waals surface area (Å²) < 4.78 is 32.8. The summed E-state index contributed by atoms with van der Waals surface area (Å²) in [5.74, 6) is 0.866. The van der Waals surface area contributed by atoms with Crippen LogP contribution >= 0.6 is 12.4 Å². The Morgan fingerprint density at radius 1 is 1.31 bits per heavy atom. The maximum Gasteiger partial charge on any atom is 0.122 e. The molecule has 0 heterocycles. The van der Waals surface area contributed by atoms with E-state index in [4.69, 9.17) is 19.3 Å². The zero-order valence-corrected chi connectivity index (χ0v) is 10.6. The van der Waals surface area contributed by atoms with Gasteiger partial charge in [-0.2, -0.15) is 0 Å². The van der Waals surface area contributed by atoms with Crippen LogP contribution in [-0.4, -0.2) is 20.3 Å². The van der Waals surface area contributed by atoms with E-state index >= 15 is 0 Å². The minimum atomic E-state index is -2.23. The second-order valence-electron chi connectivity index (χ2n) is 3.55. The van der Waals surface area contributed by atoms with Crippen molar-refractivity contribution in [2.45, 2.75) is 26.2 Å². The Kier molecular flexibility index (Phi) is 4.23. The molecule has 2 N–H and O–H groups in total. The van der Waals surface area contributed by atoms with E-state index < -0.39 is 6.85 Å². The third-order valence-corrected chi connectivity index (χ3v) is 2.14. The number of halogens is 1. The van der Waals surface area contributed by atoms with Gasteiger partial charge in [-0.15, -0.1) is 12.4 Å². The topological polar surface area (TPSA) is 44.5 Å². The first-order valence-corrected chi connectivity index (χ1v) is 4.80. The molecule has 1 rings (SSSR count). The van der Waals surface area contributed by atoms with Crippen LogP contribution in [0.1, 0.15) is 22.2 Å². The van der Waals surface area contributed by atoms with Crippen molar-refractivity contribution in [1.29, 1.82) is 0 Å². The van der Waals surface area contributed by atoms with Crippen LogP contribution in [0.2, 0.25) is 0 Å². The number of benzene rings is 1. The van der Waals surface area contributed by atoms with Crippen molar-refractivity contribution in [2.24, 2.45) is 5.73 Å². The fourth-order valence-electron chi connectivity index (χ4n) is 1.47. The number of nitrogens with two attached hydrogens (primary N) is 1. The number of rotatable bonds is 4. The molecule has 0 aliphatic carbocycles. The van der Waals surface area contributed by atoms with Gasteiger partial charge in [-0.25, -0.2) is 0 Å². The van der Waals surface area contributed by atoms with Crippen LogP contribution in [0.3, 0.4) is 0 Å². The second-order valence-corrected chi connectivity index (χ2v) is 3.55. The average molecular weight is 249 g/mol. The molecule has 1 aromatic rings. The molecule has 3 nitrogen and oxygen atoms in total. The van der Waals surface area contributed by atoms with Gasteiger partial charge in [-0.1, -0.05) is 0 Å². The molecule has 1 atom stereocenters. The number of hydrogen-bond donors (Lipinski definition) is 1. The van der Waals surface area contributed by atoms with Gasteiger partial charge in [0.2, 0.25) is 0 Å². The standard InChI is InChI=1S/C12H19NO2.ClH/c1-8-5-12(15-4)10(6-9(2)13)7-11(8)14-3;/h5,7,9H,6,13H2,1-4H3;1H/i1D3;. The molecule has 0 aromatic heterocycles. The first-order chi connectivity index (χ1) is 8.29. The predicted octanol–water partition coefficient (Wildman–Crippen LogP) is 2.32. The zero-order chi connectivity index (χ0) is 13.9. The monoisotopic (exact) mass is 248 g/mol. The first-order valence-electron chi connectivity index (χ1n) is 6.30. The van der Waals surface area contributed by atoms with Crippen LogP contribution in [0.25, 0.3) is 0 Å². The number of aryl methyl sites for hydroxylation is 1. The summed E-state index contributed by atoms with van der Waals surface area (Å²) in [6, 6.07) is 3.15. The fraction of sp³-hybridized carbons (Fsp3) is 0.500. The van der Waals surface area contributed by atoms with E-state index in [1.54, 1.807) is 6.07 Å². The molecule has 0 saturated heterocycles. The fourth-order valence-corrected chi connectivity index (χ4v) is 1.47. The summed E-state index contributed by atoms with van der Waals surface area (Å²) in [4.78, 5) is 0. The maximum atomic E-state index is 7.47. The van der Waals surface area contributed by atoms with Crippen LogP contribution in [0.15, 0.2) is 12.1 Å². The van der Waals surface area contributed by atoms with Crippen molar-refractivity contribution < 1.29 is 13.6 Å². The Labute approximate surface area is 108 Å². The van der Waals surface area contributed by atoms with Crippen molar-refractivity contribution in [3.63, 3.8) is 0 Å². The third-order valence-electron chi connectivity index (χ3n) is 2.14. The second kappa shape index (κ2) is 6.61. The van der Waals surface area contributed by atoms with E-state index in [0.29, 0.717) is 17.9 Å². The molecule has 92 valence electrons. The molecule has 0 saturated carbocycles. The van der Waals surface area contributed by atoms with Crippen molar-refractivity contribution >= 4 is 12.4 Å². The van der Waals surface area contributed by atoms with Gasteiger partial charge in [0.15, 0.2) is 0 Å². The minimum absolute atomic E-state index is 0. The van der Waals surface area contributed by atoms with Gasteiger partial charge >= 0.3 is 0 Å². The molecule has 0 fully saturated rings. The highest BCUT2D eigenvalue weighted by molar-refractivity contribution is 5.85. The molecule has 0 aliphatic heterocycles. The van der Waals surface area contributed by atoms with Crippen LogP contribution in [0.4, 0.5) is 0 Å². The van der Waals surface area contributed by atoms with Gasteiger partial charge in [0.1, 0.15) is 11.5 Å². The molecule has 16 heavy (non-hydrogen) atoms. The van der Waals surface area contributed by atoms with E-state index in [2.05, 4.69) is 0 Å². The van der Waals surface area contributed by atoms with Crippen LogP contribution in [0.5, 0.6) is 11.5 Å². The quantitative estimate of drug-likeness (QED) is 0.890. The Morgan fingerprint density at radius 2 is 1.94 bits per heavy atom. The first kappa shape index (κ1) is 10.2. The Morgan fingerprint density at radius 3 is 2.38 bits per heavy atom. The van der Waals surface area contributed by atoms with E-state index in [9.17, 15) is 0 Å². The smallest absolute Gasteiger partial charge is 0.122 e. The average Bonchev–Trinajstić information content (AvgIpc) is 2.26. The molecule has 0 radical (unpaired) electrons. The highest BCUT2D eigenvalue weighted by atomic mass is 35.5. The molecule has 0 spiro atoms. The molecule has 0 aliphatic rings. The van der Waals surface area contributed by atoms with Gasteiger partial charge in [0, 0.05) is 10.2 Å². The van der Waals surface area contributed by atoms with Crippen LogP contribution in [0, 0.1) is 6.85 Å². The maximum absolute atomic E-state index is 7.47. The largest absolute Gasteiger partial charge is 0.496 e. The molecular weight excluding hydrogens is 226 g/mol. The molecule has 0 bridgehead atoms. The third kappa shape index (κ3) is 3.58. The summed E-state index contributed by atoms with van der Waals surface area (Å²) in [7, 11) is 2.96. The predicted molar refractivity (Wildman–Crippen MR) is 68.9 cm³/mol. The number of ether oxygens (including phenoxy) is 2. The van der Waals surface area contributed by atoms with Gasteiger partial charge in [-0.05, 0) is 43.5 Å². The highest BCUT2D eigenvalue weighted by Crippen LogP contribution is 2.28. The molecule has 4 heteroatoms. The molecule has 1 unspecified atom stereocenters. The normalized spacial score (nSPS) is 15.1. The lowest BCUT2D eigenvalue weighted by atomic mass is 10.0. The van der Waals surface area contributed by atoms with Gasteiger partial charge in [-0.3, -0.25) is 0 Å². The molecule has 0 amide bonds. The van der Waals surface area contributed by atoms with E-state index in [0.717, 1.165) is 5.56 Å². The van der Waals surface area contributed by atoms with Crippen molar-refractivity contribution in [1.82, 2.24) is 0 Å². The van der Waals surface area contributed by atoms with E-state index in [1.807, 2.05) is 6.92 Å². The number of methoxy groups -OCH3 is 2. The lowest BCUT2D eigenvalue weighted by molar-refractivity contribution is 0.395. The Bertz CT molecular complexity index is 422. The summed E-state index contributed by atoms with van der Waals surface area (Å²) in [6.45, 7) is -0.352. The lowest BCUT2D eigenvalue weighted by Crippen LogP contribution is -2.18. The molecule has 1 aromatic carbocycles. The van der Waals surface area contributed by atoms with Crippen molar-refractivity contribution in [2.75, 3.05) is 14.2 Å². The summed E-state index contributed by atoms with van der Waals surface area (Å²) in [5, 5.41) is 0. The van der Waals surface area contributed by atoms with Gasteiger partial charge < -0.3 is 15.2 Å². The lowest BCUT2D eigenvalue weighted by Gasteiger charge is -2.14. The van der Waals surface area contributed by atoms with Gasteiger partial charge in [0.05, 0.1) is 14.2 Å². The van der Waals surface area contributed by atoms with Crippen LogP contribution in [-0.2, 0) is 6.42 Å². The SMILES string of the molecule is Cl.[2H]C([2H])([2H])c1cc(OC)c(CC(C)N)cc1OC. The summed E-state index contributed by atoms with van der Waals surface area (Å²) in [6.07, 6.45) is 0.598. The van der Waals surface area contributed by atoms with Crippen molar-refractivity contribution in [3.8, 4) is 11.5 Å². The van der Waals surface area contributed by atoms with Gasteiger partial charge in [0.25, 0.3) is 0 Å². The summed E-state index contributed by atoms with van der Waals surface area (Å²) >= 11 is 0. The Balaban J connectivity index is 0.00000324. The highest BCUT2D eigenvalue weighted by Gasteiger charge is 2.09. The van der Waals surface area contributed by atoms with Crippen LogP contribution < -0.4 is 15.2 Å². The Hall–Kier alpha value is -0.930. The van der Waals surface area contributed by atoms with E-state index in [-0.39, 0.29) is 24.0 Å². The zero-order valence-electron chi connectivity index (χ0n) is 12.7. The van der Waals surface area contributed by atoms with E-state index in [1.165, 1.54) is 20.3 Å². The van der Waals surface area contributed by atoms with Crippen molar-refractivity contribution in [3.05, 3.63) is 23.3 Å². The number of hydrogen-bond acceptors (Lipinski definition) is 3.